The molecule has 0 spiro atoms. The molecule has 0 atom stereocenters. The van der Waals surface area contributed by atoms with E-state index in [1.807, 2.05) is 30.5 Å². The molecule has 1 aliphatic rings. The molecule has 2 aromatic carbocycles. The van der Waals surface area contributed by atoms with Gasteiger partial charge in [-0.2, -0.15) is 0 Å². The number of hydrogen-bond acceptors (Lipinski definition) is 4. The molecule has 0 saturated carbocycles. The van der Waals surface area contributed by atoms with Crippen LogP contribution in [0, 0.1) is 13.8 Å². The Morgan fingerprint density at radius 2 is 1.82 bits per heavy atom. The van der Waals surface area contributed by atoms with Crippen LogP contribution in [0.25, 0.3) is 11.8 Å². The number of amides is 3. The van der Waals surface area contributed by atoms with Crippen molar-refractivity contribution in [1.82, 2.24) is 14.8 Å². The van der Waals surface area contributed by atoms with Gasteiger partial charge in [-0.25, -0.2) is 9.59 Å². The molecule has 0 unspecified atom stereocenters. The topological polar surface area (TPSA) is 80.6 Å². The van der Waals surface area contributed by atoms with Gasteiger partial charge < -0.3 is 14.6 Å². The SMILES string of the molecule is COC(=O)c1cccc(-n2c(C)cc(/C=C3\NC(=O)N(Cc4ccc(Cl)cc4)C3=O)c2C)c1. The zero-order chi connectivity index (χ0) is 23.7. The molecule has 2 heterocycles. The summed E-state index contributed by atoms with van der Waals surface area (Å²) >= 11 is 5.91. The van der Waals surface area contributed by atoms with Gasteiger partial charge in [0.1, 0.15) is 5.70 Å². The normalized spacial score (nSPS) is 14.7. The number of ether oxygens (including phenoxy) is 1. The Hall–Kier alpha value is -3.84. The van der Waals surface area contributed by atoms with E-state index in [1.54, 1.807) is 48.5 Å². The number of carbonyl (C=O) groups excluding carboxylic acids is 3. The summed E-state index contributed by atoms with van der Waals surface area (Å²) in [4.78, 5) is 38.4. The second kappa shape index (κ2) is 8.96. The van der Waals surface area contributed by atoms with Gasteiger partial charge in [-0.15, -0.1) is 0 Å². The third kappa shape index (κ3) is 4.40. The highest BCUT2D eigenvalue weighted by Crippen LogP contribution is 2.25. The maximum absolute atomic E-state index is 12.9. The summed E-state index contributed by atoms with van der Waals surface area (Å²) in [6, 6.07) is 15.6. The monoisotopic (exact) mass is 463 g/mol. The molecule has 4 rings (SSSR count). The Morgan fingerprint density at radius 1 is 1.09 bits per heavy atom. The van der Waals surface area contributed by atoms with Crippen LogP contribution in [-0.4, -0.2) is 34.5 Å². The first-order valence-corrected chi connectivity index (χ1v) is 10.6. The van der Waals surface area contributed by atoms with Gasteiger partial charge in [0.25, 0.3) is 5.91 Å². The van der Waals surface area contributed by atoms with E-state index in [0.717, 1.165) is 33.1 Å². The number of benzene rings is 2. The number of halogens is 1. The fourth-order valence-electron chi connectivity index (χ4n) is 3.86. The van der Waals surface area contributed by atoms with E-state index < -0.39 is 17.9 Å². The predicted molar refractivity (Wildman–Crippen MR) is 125 cm³/mol. The van der Waals surface area contributed by atoms with E-state index in [-0.39, 0.29) is 12.2 Å². The van der Waals surface area contributed by atoms with Crippen LogP contribution >= 0.6 is 11.6 Å². The Labute approximate surface area is 196 Å². The van der Waals surface area contributed by atoms with Crippen LogP contribution in [0.15, 0.2) is 60.3 Å². The van der Waals surface area contributed by atoms with Crippen molar-refractivity contribution < 1.29 is 19.1 Å². The van der Waals surface area contributed by atoms with Crippen LogP contribution in [0.4, 0.5) is 4.79 Å². The molecule has 0 aliphatic carbocycles. The van der Waals surface area contributed by atoms with Crippen molar-refractivity contribution in [3.8, 4) is 5.69 Å². The first kappa shape index (κ1) is 22.4. The maximum Gasteiger partial charge on any atom is 0.337 e. The number of aromatic nitrogens is 1. The van der Waals surface area contributed by atoms with Gasteiger partial charge in [0.05, 0.1) is 19.2 Å². The fourth-order valence-corrected chi connectivity index (χ4v) is 3.99. The van der Waals surface area contributed by atoms with E-state index in [1.165, 1.54) is 7.11 Å². The molecule has 1 aromatic heterocycles. The molecule has 1 aliphatic heterocycles. The predicted octanol–water partition coefficient (Wildman–Crippen LogP) is 4.63. The van der Waals surface area contributed by atoms with Gasteiger partial charge in [-0.05, 0) is 67.4 Å². The van der Waals surface area contributed by atoms with Gasteiger partial charge in [0, 0.05) is 22.1 Å². The van der Waals surface area contributed by atoms with Gasteiger partial charge in [0.2, 0.25) is 0 Å². The number of urea groups is 1. The van der Waals surface area contributed by atoms with Crippen molar-refractivity contribution in [2.75, 3.05) is 7.11 Å². The highest BCUT2D eigenvalue weighted by molar-refractivity contribution is 6.30. The standard InChI is InChI=1S/C25H22ClN3O4/c1-15-11-19(16(2)29(15)21-6-4-5-18(12-21)24(31)33-3)13-22-23(30)28(25(32)27-22)14-17-7-9-20(26)10-8-17/h4-13H,14H2,1-3H3,(H,27,32)/b22-13-. The largest absolute Gasteiger partial charge is 0.465 e. The van der Waals surface area contributed by atoms with Crippen molar-refractivity contribution in [3.05, 3.63) is 93.4 Å². The van der Waals surface area contributed by atoms with Gasteiger partial charge in [-0.1, -0.05) is 29.8 Å². The highest BCUT2D eigenvalue weighted by Gasteiger charge is 2.33. The summed E-state index contributed by atoms with van der Waals surface area (Å²) in [6.45, 7) is 4.00. The number of methoxy groups -OCH3 is 1. The summed E-state index contributed by atoms with van der Waals surface area (Å²) in [5.41, 5.74) is 4.80. The molecule has 8 heteroatoms. The van der Waals surface area contributed by atoms with Crippen LogP contribution in [0.2, 0.25) is 5.02 Å². The maximum atomic E-state index is 12.9. The molecule has 3 amide bonds. The lowest BCUT2D eigenvalue weighted by Crippen LogP contribution is -2.30. The van der Waals surface area contributed by atoms with E-state index >= 15 is 0 Å². The average Bonchev–Trinajstić information content (AvgIpc) is 3.23. The van der Waals surface area contributed by atoms with Gasteiger partial charge >= 0.3 is 12.0 Å². The smallest absolute Gasteiger partial charge is 0.337 e. The van der Waals surface area contributed by atoms with Crippen LogP contribution in [0.1, 0.15) is 32.9 Å². The van der Waals surface area contributed by atoms with Crippen LogP contribution in [0.5, 0.6) is 0 Å². The number of hydrogen-bond donors (Lipinski definition) is 1. The Bertz CT molecular complexity index is 1290. The molecule has 0 radical (unpaired) electrons. The molecule has 0 bridgehead atoms. The number of imide groups is 1. The second-order valence-corrected chi connectivity index (χ2v) is 8.15. The third-order valence-electron chi connectivity index (χ3n) is 5.51. The molecule has 1 fully saturated rings. The molecule has 7 nitrogen and oxygen atoms in total. The summed E-state index contributed by atoms with van der Waals surface area (Å²) in [6.07, 6.45) is 1.67. The Balaban J connectivity index is 1.62. The first-order valence-electron chi connectivity index (χ1n) is 10.2. The highest BCUT2D eigenvalue weighted by atomic mass is 35.5. The van der Waals surface area contributed by atoms with Crippen molar-refractivity contribution in [2.45, 2.75) is 20.4 Å². The number of rotatable bonds is 5. The second-order valence-electron chi connectivity index (χ2n) is 7.71. The number of nitrogens with zero attached hydrogens (tertiary/aromatic N) is 2. The number of esters is 1. The molecule has 168 valence electrons. The molecule has 1 N–H and O–H groups in total. The number of nitrogens with one attached hydrogen (secondary N) is 1. The Kier molecular flexibility index (Phi) is 6.07. The number of carbonyl (C=O) groups is 3. The lowest BCUT2D eigenvalue weighted by atomic mass is 10.2. The summed E-state index contributed by atoms with van der Waals surface area (Å²) in [5, 5.41) is 3.25. The van der Waals surface area contributed by atoms with Crippen molar-refractivity contribution in [3.63, 3.8) is 0 Å². The van der Waals surface area contributed by atoms with Gasteiger partial charge in [0.15, 0.2) is 0 Å². The quantitative estimate of drug-likeness (QED) is 0.340. The van der Waals surface area contributed by atoms with E-state index in [0.29, 0.717) is 10.6 Å². The Morgan fingerprint density at radius 3 is 2.52 bits per heavy atom. The average molecular weight is 464 g/mol. The van der Waals surface area contributed by atoms with Crippen LogP contribution in [-0.2, 0) is 16.1 Å². The van der Waals surface area contributed by atoms with E-state index in [9.17, 15) is 14.4 Å². The van der Waals surface area contributed by atoms with Crippen molar-refractivity contribution in [1.29, 1.82) is 0 Å². The zero-order valence-corrected chi connectivity index (χ0v) is 19.1. The van der Waals surface area contributed by atoms with E-state index in [2.05, 4.69) is 5.32 Å². The van der Waals surface area contributed by atoms with Crippen molar-refractivity contribution >= 4 is 35.6 Å². The molecular formula is C25H22ClN3O4. The molecule has 33 heavy (non-hydrogen) atoms. The number of aryl methyl sites for hydroxylation is 1. The van der Waals surface area contributed by atoms with Gasteiger partial charge in [-0.3, -0.25) is 9.69 Å². The minimum atomic E-state index is -0.471. The lowest BCUT2D eigenvalue weighted by Gasteiger charge is -2.11. The minimum Gasteiger partial charge on any atom is -0.465 e. The zero-order valence-electron chi connectivity index (χ0n) is 18.4. The van der Waals surface area contributed by atoms with Crippen LogP contribution in [0.3, 0.4) is 0 Å². The third-order valence-corrected chi connectivity index (χ3v) is 5.76. The minimum absolute atomic E-state index is 0.151. The summed E-state index contributed by atoms with van der Waals surface area (Å²) < 4.78 is 6.79. The van der Waals surface area contributed by atoms with E-state index in [4.69, 9.17) is 16.3 Å². The first-order chi connectivity index (χ1) is 15.8. The molecule has 1 saturated heterocycles. The summed E-state index contributed by atoms with van der Waals surface area (Å²) in [5.74, 6) is -0.811. The van der Waals surface area contributed by atoms with Crippen LogP contribution < -0.4 is 5.32 Å². The van der Waals surface area contributed by atoms with Crippen molar-refractivity contribution in [2.24, 2.45) is 0 Å². The fraction of sp³-hybridized carbons (Fsp3) is 0.160. The summed E-state index contributed by atoms with van der Waals surface area (Å²) in [7, 11) is 1.34. The lowest BCUT2D eigenvalue weighted by molar-refractivity contribution is -0.123. The molecular weight excluding hydrogens is 442 g/mol. The molecule has 3 aromatic rings.